The third kappa shape index (κ3) is 2.86. The van der Waals surface area contributed by atoms with Gasteiger partial charge in [0.25, 0.3) is 0 Å². The van der Waals surface area contributed by atoms with Crippen molar-refractivity contribution in [1.82, 2.24) is 4.90 Å². The van der Waals surface area contributed by atoms with Gasteiger partial charge in [-0.3, -0.25) is 4.58 Å². The zero-order valence-electron chi connectivity index (χ0n) is 12.6. The molecule has 2 aliphatic heterocycles. The standard InChI is InChI=1S/C18H17N3S2/c22-17(19-15-9-5-2-6-10-15)21-16(14-7-3-1-4-8-14)13-20-11-12-23-18(20)21/h1-10,16H,11-13H2. The van der Waals surface area contributed by atoms with Crippen LogP contribution in [0.3, 0.4) is 0 Å². The Labute approximate surface area is 146 Å². The number of benzene rings is 2. The molecule has 0 saturated carbocycles. The first kappa shape index (κ1) is 14.7. The molecule has 0 spiro atoms. The van der Waals surface area contributed by atoms with Crippen LogP contribution in [0.1, 0.15) is 11.6 Å². The highest BCUT2D eigenvalue weighted by Gasteiger charge is 2.43. The molecule has 0 radical (unpaired) electrons. The highest BCUT2D eigenvalue weighted by Crippen LogP contribution is 2.33. The van der Waals surface area contributed by atoms with Crippen molar-refractivity contribution in [2.45, 2.75) is 6.04 Å². The Morgan fingerprint density at radius 1 is 1.09 bits per heavy atom. The molecule has 5 heteroatoms. The Morgan fingerprint density at radius 2 is 1.78 bits per heavy atom. The Balaban J connectivity index is 1.71. The number of hydrogen-bond donors (Lipinski definition) is 0. The smallest absolute Gasteiger partial charge is 0.314 e. The van der Waals surface area contributed by atoms with Crippen LogP contribution in [0.15, 0.2) is 65.7 Å². The van der Waals surface area contributed by atoms with E-state index in [4.69, 9.17) is 12.6 Å². The summed E-state index contributed by atoms with van der Waals surface area (Å²) in [6.45, 7) is 2.07. The van der Waals surface area contributed by atoms with Gasteiger partial charge >= 0.3 is 5.17 Å². The Bertz CT molecular complexity index is 756. The van der Waals surface area contributed by atoms with Crippen molar-refractivity contribution >= 4 is 40.4 Å². The summed E-state index contributed by atoms with van der Waals surface area (Å²) in [4.78, 5) is 6.91. The molecule has 0 amide bonds. The fourth-order valence-electron chi connectivity index (χ4n) is 3.06. The van der Waals surface area contributed by atoms with E-state index in [0.717, 1.165) is 24.5 Å². The number of nitrogens with zero attached hydrogens (tertiary/aromatic N) is 3. The molecule has 1 atom stereocenters. The second kappa shape index (κ2) is 6.34. The second-order valence-electron chi connectivity index (χ2n) is 5.60. The summed E-state index contributed by atoms with van der Waals surface area (Å²) in [7, 11) is 0. The summed E-state index contributed by atoms with van der Waals surface area (Å²) < 4.78 is 2.43. The van der Waals surface area contributed by atoms with E-state index in [0.29, 0.717) is 5.17 Å². The highest BCUT2D eigenvalue weighted by atomic mass is 32.2. The molecule has 0 N–H and O–H groups in total. The van der Waals surface area contributed by atoms with Gasteiger partial charge in [-0.25, -0.2) is 9.89 Å². The first-order valence-corrected chi connectivity index (χ1v) is 9.12. The van der Waals surface area contributed by atoms with Crippen LogP contribution in [0.5, 0.6) is 0 Å². The van der Waals surface area contributed by atoms with Gasteiger partial charge in [-0.15, -0.1) is 0 Å². The minimum Gasteiger partial charge on any atom is -0.716 e. The molecule has 0 saturated heterocycles. The third-order valence-corrected chi connectivity index (χ3v) is 5.53. The quantitative estimate of drug-likeness (QED) is 0.362. The third-order valence-electron chi connectivity index (χ3n) is 4.15. The Hall–Kier alpha value is -1.85. The van der Waals surface area contributed by atoms with Crippen LogP contribution in [0, 0.1) is 0 Å². The van der Waals surface area contributed by atoms with Gasteiger partial charge in [-0.2, -0.15) is 0 Å². The zero-order valence-corrected chi connectivity index (χ0v) is 14.3. The van der Waals surface area contributed by atoms with Crippen LogP contribution in [-0.2, 0) is 12.6 Å². The SMILES string of the molecule is [S-]C(=Nc1ccccc1)N1C2=[N+](CCS2)CC1c1ccccc1. The van der Waals surface area contributed by atoms with Gasteiger partial charge in [-0.1, -0.05) is 48.5 Å². The maximum absolute atomic E-state index is 5.70. The molecule has 0 aromatic heterocycles. The van der Waals surface area contributed by atoms with Gasteiger partial charge in [0.2, 0.25) is 0 Å². The van der Waals surface area contributed by atoms with Crippen molar-refractivity contribution in [2.24, 2.45) is 4.99 Å². The predicted octanol–water partition coefficient (Wildman–Crippen LogP) is 3.39. The maximum Gasteiger partial charge on any atom is 0.314 e. The van der Waals surface area contributed by atoms with Crippen molar-refractivity contribution in [1.29, 1.82) is 0 Å². The molecular weight excluding hydrogens is 322 g/mol. The summed E-state index contributed by atoms with van der Waals surface area (Å²) in [6.07, 6.45) is 0. The molecule has 2 aliphatic rings. The number of thioether (sulfide) groups is 1. The Kier molecular flexibility index (Phi) is 4.06. The summed E-state index contributed by atoms with van der Waals surface area (Å²) in [5, 5.41) is 1.90. The lowest BCUT2D eigenvalue weighted by molar-refractivity contribution is -0.511. The van der Waals surface area contributed by atoms with Crippen LogP contribution in [0.25, 0.3) is 0 Å². The molecule has 2 heterocycles. The molecular formula is C18H17N3S2. The van der Waals surface area contributed by atoms with E-state index in [-0.39, 0.29) is 6.04 Å². The average molecular weight is 339 g/mol. The van der Waals surface area contributed by atoms with E-state index in [2.05, 4.69) is 44.8 Å². The van der Waals surface area contributed by atoms with Gasteiger partial charge in [0, 0.05) is 11.3 Å². The minimum absolute atomic E-state index is 0.249. The van der Waals surface area contributed by atoms with E-state index < -0.39 is 0 Å². The molecule has 0 bridgehead atoms. The van der Waals surface area contributed by atoms with Gasteiger partial charge in [0.15, 0.2) is 6.04 Å². The summed E-state index contributed by atoms with van der Waals surface area (Å²) in [5.41, 5.74) is 2.20. The molecule has 2 aromatic carbocycles. The number of amidine groups is 2. The molecule has 3 nitrogen and oxygen atoms in total. The molecule has 23 heavy (non-hydrogen) atoms. The predicted molar refractivity (Wildman–Crippen MR) is 99.4 cm³/mol. The molecule has 0 fully saturated rings. The van der Waals surface area contributed by atoms with E-state index in [1.54, 1.807) is 0 Å². The summed E-state index contributed by atoms with van der Waals surface area (Å²) in [5.74, 6) is 1.13. The van der Waals surface area contributed by atoms with Crippen molar-refractivity contribution < 1.29 is 4.58 Å². The number of aliphatic imine (C=N–C) groups is 1. The summed E-state index contributed by atoms with van der Waals surface area (Å²) in [6, 6.07) is 20.8. The Morgan fingerprint density at radius 3 is 2.52 bits per heavy atom. The van der Waals surface area contributed by atoms with Crippen molar-refractivity contribution in [3.05, 3.63) is 66.2 Å². The monoisotopic (exact) mass is 339 g/mol. The van der Waals surface area contributed by atoms with Crippen molar-refractivity contribution in [3.63, 3.8) is 0 Å². The van der Waals surface area contributed by atoms with E-state index in [9.17, 15) is 0 Å². The second-order valence-corrected chi connectivity index (χ2v) is 7.03. The molecule has 1 unspecified atom stereocenters. The fourth-order valence-corrected chi connectivity index (χ4v) is 4.63. The van der Waals surface area contributed by atoms with Crippen molar-refractivity contribution in [2.75, 3.05) is 18.8 Å². The van der Waals surface area contributed by atoms with Gasteiger partial charge < -0.3 is 12.6 Å². The maximum atomic E-state index is 5.70. The first-order valence-electron chi connectivity index (χ1n) is 7.72. The molecule has 2 aromatic rings. The van der Waals surface area contributed by atoms with E-state index in [1.165, 1.54) is 10.7 Å². The lowest BCUT2D eigenvalue weighted by Crippen LogP contribution is -2.34. The zero-order chi connectivity index (χ0) is 15.6. The molecule has 0 aliphatic carbocycles. The van der Waals surface area contributed by atoms with E-state index in [1.807, 2.05) is 42.1 Å². The van der Waals surface area contributed by atoms with Crippen LogP contribution < -0.4 is 0 Å². The normalized spacial score (nSPS) is 21.0. The average Bonchev–Trinajstić information content (AvgIpc) is 3.17. The largest absolute Gasteiger partial charge is 0.716 e. The van der Waals surface area contributed by atoms with Crippen LogP contribution in [-0.4, -0.2) is 38.7 Å². The van der Waals surface area contributed by atoms with Gasteiger partial charge in [-0.05, 0) is 23.9 Å². The van der Waals surface area contributed by atoms with Crippen LogP contribution >= 0.6 is 11.8 Å². The topological polar surface area (TPSA) is 18.6 Å². The number of hydrogen-bond acceptors (Lipinski definition) is 3. The van der Waals surface area contributed by atoms with Gasteiger partial charge in [0.1, 0.15) is 6.54 Å². The molecule has 116 valence electrons. The van der Waals surface area contributed by atoms with Crippen molar-refractivity contribution in [3.8, 4) is 0 Å². The summed E-state index contributed by atoms with van der Waals surface area (Å²) >= 11 is 7.57. The minimum atomic E-state index is 0.249. The van der Waals surface area contributed by atoms with E-state index >= 15 is 0 Å². The highest BCUT2D eigenvalue weighted by molar-refractivity contribution is 8.13. The number of para-hydroxylation sites is 1. The van der Waals surface area contributed by atoms with Crippen LogP contribution in [0.4, 0.5) is 5.69 Å². The lowest BCUT2D eigenvalue weighted by atomic mass is 10.1. The van der Waals surface area contributed by atoms with Crippen LogP contribution in [0.2, 0.25) is 0 Å². The fraction of sp³-hybridized carbons (Fsp3) is 0.222. The van der Waals surface area contributed by atoms with Gasteiger partial charge in [0.05, 0.1) is 17.4 Å². The first-order chi connectivity index (χ1) is 11.3. The molecule has 4 rings (SSSR count). The lowest BCUT2D eigenvalue weighted by Gasteiger charge is -2.25. The number of rotatable bonds is 2.